The van der Waals surface area contributed by atoms with Crippen molar-refractivity contribution < 1.29 is 57.1 Å². The molecule has 3 aliphatic rings. The van der Waals surface area contributed by atoms with E-state index in [-0.39, 0.29) is 30.9 Å². The Balaban J connectivity index is 2.08. The van der Waals surface area contributed by atoms with E-state index in [2.05, 4.69) is 5.32 Å². The van der Waals surface area contributed by atoms with Gasteiger partial charge < -0.3 is 43.4 Å². The largest absolute Gasteiger partial charge is 0.509 e. The number of methoxy groups -OCH3 is 1. The topological polar surface area (TPSA) is 165 Å². The van der Waals surface area contributed by atoms with Crippen LogP contribution in [0.15, 0.2) is 0 Å². The molecule has 0 unspecified atom stereocenters. The van der Waals surface area contributed by atoms with E-state index >= 15 is 0 Å². The lowest BCUT2D eigenvalue weighted by molar-refractivity contribution is -0.298. The maximum atomic E-state index is 14.1. The summed E-state index contributed by atoms with van der Waals surface area (Å²) in [7, 11) is 5.18. The van der Waals surface area contributed by atoms with Gasteiger partial charge >= 0.3 is 18.1 Å². The molecule has 14 heteroatoms. The van der Waals surface area contributed by atoms with Crippen molar-refractivity contribution in [1.29, 1.82) is 0 Å². The lowest BCUT2D eigenvalue weighted by Gasteiger charge is -2.47. The van der Waals surface area contributed by atoms with Gasteiger partial charge in [0, 0.05) is 25.9 Å². The van der Waals surface area contributed by atoms with Gasteiger partial charge in [-0.25, -0.2) is 4.79 Å². The molecule has 1 N–H and O–H groups in total. The summed E-state index contributed by atoms with van der Waals surface area (Å²) in [6.45, 7) is 13.1. The van der Waals surface area contributed by atoms with Crippen LogP contribution >= 0.6 is 0 Å². The Morgan fingerprint density at radius 2 is 1.65 bits per heavy atom. The molecule has 0 aromatic carbocycles. The Hall–Kier alpha value is -2.81. The number of Topliss-reactive ketones (excluding diaryl/α,β-unsaturated/α-hetero) is 1. The van der Waals surface area contributed by atoms with Gasteiger partial charge in [-0.2, -0.15) is 0 Å². The Bertz CT molecular complexity index is 1130. The molecule has 0 bridgehead atoms. The summed E-state index contributed by atoms with van der Waals surface area (Å²) >= 11 is 0. The smallest absolute Gasteiger partial charge is 0.458 e. The molecule has 0 aliphatic carbocycles. The molecule has 3 rings (SSSR count). The van der Waals surface area contributed by atoms with E-state index in [0.29, 0.717) is 6.42 Å². The van der Waals surface area contributed by atoms with Gasteiger partial charge in [0.25, 0.3) is 0 Å². The van der Waals surface area contributed by atoms with Gasteiger partial charge in [-0.1, -0.05) is 20.8 Å². The van der Waals surface area contributed by atoms with E-state index < -0.39 is 90.1 Å². The van der Waals surface area contributed by atoms with Crippen LogP contribution in [0, 0.1) is 17.8 Å². The molecule has 1 amide bonds. The zero-order chi connectivity index (χ0) is 34.7. The fourth-order valence-corrected chi connectivity index (χ4v) is 6.71. The Morgan fingerprint density at radius 3 is 2.22 bits per heavy atom. The Labute approximate surface area is 271 Å². The van der Waals surface area contributed by atoms with Crippen molar-refractivity contribution in [2.24, 2.45) is 17.8 Å². The maximum Gasteiger partial charge on any atom is 0.509 e. The lowest BCUT2D eigenvalue weighted by Crippen LogP contribution is -2.60. The third kappa shape index (κ3) is 8.36. The first-order valence-corrected chi connectivity index (χ1v) is 16.1. The van der Waals surface area contributed by atoms with Gasteiger partial charge in [-0.05, 0) is 61.1 Å². The number of ketones is 1. The summed E-state index contributed by atoms with van der Waals surface area (Å²) in [4.78, 5) is 67.3. The number of nitrogens with zero attached hydrogens (tertiary/aromatic N) is 1. The third-order valence-corrected chi connectivity index (χ3v) is 9.43. The maximum absolute atomic E-state index is 14.1. The van der Waals surface area contributed by atoms with E-state index in [1.165, 1.54) is 21.0 Å². The van der Waals surface area contributed by atoms with Crippen molar-refractivity contribution in [2.75, 3.05) is 21.2 Å². The first-order valence-electron chi connectivity index (χ1n) is 16.1. The van der Waals surface area contributed by atoms with Crippen LogP contribution in [0.3, 0.4) is 0 Å². The average molecular weight is 657 g/mol. The molecule has 46 heavy (non-hydrogen) atoms. The first-order chi connectivity index (χ1) is 21.4. The van der Waals surface area contributed by atoms with Gasteiger partial charge in [-0.3, -0.25) is 19.2 Å². The van der Waals surface area contributed by atoms with E-state index in [1.807, 2.05) is 25.9 Å². The van der Waals surface area contributed by atoms with Crippen molar-refractivity contribution in [3.05, 3.63) is 0 Å². The zero-order valence-electron chi connectivity index (χ0n) is 28.9. The van der Waals surface area contributed by atoms with Gasteiger partial charge in [0.05, 0.1) is 29.9 Å². The molecule has 0 radical (unpaired) electrons. The molecule has 3 aliphatic heterocycles. The number of hydrogen-bond donors (Lipinski definition) is 1. The molecule has 262 valence electrons. The standard InChI is InChI=1S/C32H52N2O12/c1-12-22-26-24(44-31(39)45-26)19(6)33-28(37)15(2)14-32(8,40-11)27(17(4)23(36)18(5)29(38)43-22)46-30-25(42-20(7)35)21(34(9)10)13-16(3)41-30/h15-19,21-22,24-27,30H,12-14H2,1-11H3,(H,33,37)/t15-,16-,17+,18-,19-,21-,22-,24-,25-,26-,27-,30+,32-/m1/s1. The summed E-state index contributed by atoms with van der Waals surface area (Å²) in [5.41, 5.74) is -1.28. The average Bonchev–Trinajstić information content (AvgIpc) is 3.38. The summed E-state index contributed by atoms with van der Waals surface area (Å²) in [6.07, 6.45) is -6.20. The molecule has 0 spiro atoms. The molecule has 3 fully saturated rings. The molecule has 3 heterocycles. The second-order valence-corrected chi connectivity index (χ2v) is 13.3. The zero-order valence-corrected chi connectivity index (χ0v) is 28.9. The highest BCUT2D eigenvalue weighted by Gasteiger charge is 2.52. The number of esters is 2. The number of cyclic esters (lactones) is 1. The molecule has 3 saturated heterocycles. The summed E-state index contributed by atoms with van der Waals surface area (Å²) in [5.74, 6) is -5.09. The highest BCUT2D eigenvalue weighted by Crippen LogP contribution is 2.37. The van der Waals surface area contributed by atoms with Crippen molar-refractivity contribution in [3.8, 4) is 0 Å². The molecule has 0 saturated carbocycles. The fraction of sp³-hybridized carbons (Fsp3) is 0.844. The van der Waals surface area contributed by atoms with Crippen molar-refractivity contribution in [3.63, 3.8) is 0 Å². The predicted molar refractivity (Wildman–Crippen MR) is 162 cm³/mol. The molecular weight excluding hydrogens is 604 g/mol. The number of amides is 1. The number of nitrogens with one attached hydrogen (secondary N) is 1. The molecule has 0 aromatic rings. The number of carbonyl (C=O) groups is 5. The minimum atomic E-state index is -1.28. The quantitative estimate of drug-likeness (QED) is 0.252. The van der Waals surface area contributed by atoms with Crippen LogP contribution in [0.5, 0.6) is 0 Å². The summed E-state index contributed by atoms with van der Waals surface area (Å²) < 4.78 is 41.1. The van der Waals surface area contributed by atoms with Crippen LogP contribution in [0.1, 0.15) is 74.7 Å². The van der Waals surface area contributed by atoms with Crippen LogP contribution in [0.25, 0.3) is 0 Å². The van der Waals surface area contributed by atoms with Crippen LogP contribution < -0.4 is 5.32 Å². The monoisotopic (exact) mass is 656 g/mol. The fourth-order valence-electron chi connectivity index (χ4n) is 6.71. The number of fused-ring (bicyclic) bond motifs is 1. The van der Waals surface area contributed by atoms with Crippen molar-refractivity contribution in [1.82, 2.24) is 10.2 Å². The number of carbonyl (C=O) groups excluding carboxylic acids is 5. The van der Waals surface area contributed by atoms with Gasteiger partial charge in [0.15, 0.2) is 30.4 Å². The third-order valence-electron chi connectivity index (χ3n) is 9.43. The van der Waals surface area contributed by atoms with Gasteiger partial charge in [0.1, 0.15) is 12.0 Å². The van der Waals surface area contributed by atoms with E-state index in [9.17, 15) is 24.0 Å². The molecule has 13 atom stereocenters. The van der Waals surface area contributed by atoms with E-state index in [4.69, 9.17) is 33.2 Å². The van der Waals surface area contributed by atoms with Crippen molar-refractivity contribution in [2.45, 2.75) is 135 Å². The number of rotatable bonds is 6. The van der Waals surface area contributed by atoms with E-state index in [1.54, 1.807) is 34.6 Å². The summed E-state index contributed by atoms with van der Waals surface area (Å²) in [6, 6.07) is -0.964. The first kappa shape index (κ1) is 37.6. The number of hydrogen-bond acceptors (Lipinski definition) is 13. The minimum Gasteiger partial charge on any atom is -0.458 e. The normalized spacial score (nSPS) is 41.3. The van der Waals surface area contributed by atoms with Crippen LogP contribution in [-0.4, -0.2) is 116 Å². The minimum absolute atomic E-state index is 0.0861. The van der Waals surface area contributed by atoms with E-state index in [0.717, 1.165) is 0 Å². The number of likely N-dealkylation sites (N-methyl/N-ethyl adjacent to an activating group) is 1. The van der Waals surface area contributed by atoms with Crippen LogP contribution in [0.2, 0.25) is 0 Å². The molecule has 14 nitrogen and oxygen atoms in total. The predicted octanol–water partition coefficient (Wildman–Crippen LogP) is 2.39. The Kier molecular flexibility index (Phi) is 12.6. The highest BCUT2D eigenvalue weighted by molar-refractivity contribution is 6.00. The second kappa shape index (κ2) is 15.4. The summed E-state index contributed by atoms with van der Waals surface area (Å²) in [5, 5.41) is 2.90. The SMILES string of the molecule is CC[C@H]1OC(=O)[C@H](C)C(=O)[C@H](C)[C@@H](O[C@@H]2O[C@H](C)C[C@@H](N(C)C)[C@H]2OC(C)=O)[C@](C)(OC)C[C@@H](C)C(=O)N[C@H](C)[C@H]2OC(=O)O[C@@H]21. The Morgan fingerprint density at radius 1 is 1.02 bits per heavy atom. The lowest BCUT2D eigenvalue weighted by atomic mass is 9.78. The second-order valence-electron chi connectivity index (χ2n) is 13.3. The van der Waals surface area contributed by atoms with Crippen LogP contribution in [-0.2, 0) is 52.3 Å². The highest BCUT2D eigenvalue weighted by atomic mass is 16.8. The van der Waals surface area contributed by atoms with Gasteiger partial charge in [0.2, 0.25) is 5.91 Å². The molecular formula is C32H52N2O12. The molecule has 0 aromatic heterocycles. The van der Waals surface area contributed by atoms with Crippen LogP contribution in [0.4, 0.5) is 4.79 Å². The van der Waals surface area contributed by atoms with Gasteiger partial charge in [-0.15, -0.1) is 0 Å². The number of ether oxygens (including phenoxy) is 7. The van der Waals surface area contributed by atoms with Crippen molar-refractivity contribution >= 4 is 29.8 Å².